The smallest absolute Gasteiger partial charge is 0.241 e. The molecular formula is C19H20Cl2N2O3. The molecule has 0 fully saturated rings. The third-order valence-electron chi connectivity index (χ3n) is 4.30. The molecule has 0 unspecified atom stereocenters. The first-order valence-corrected chi connectivity index (χ1v) is 9.05. The van der Waals surface area contributed by atoms with Crippen LogP contribution in [0, 0.1) is 0 Å². The van der Waals surface area contributed by atoms with E-state index in [4.69, 9.17) is 32.7 Å². The normalized spacial score (nSPS) is 14.2. The van der Waals surface area contributed by atoms with Crippen LogP contribution in [-0.2, 0) is 11.3 Å². The summed E-state index contributed by atoms with van der Waals surface area (Å²) in [7, 11) is 1.87. The van der Waals surface area contributed by atoms with Crippen LogP contribution < -0.4 is 14.8 Å². The second kappa shape index (κ2) is 8.16. The molecule has 2 aromatic carbocycles. The number of anilines is 1. The number of benzene rings is 2. The van der Waals surface area contributed by atoms with Crippen molar-refractivity contribution in [3.8, 4) is 11.5 Å². The molecule has 1 heterocycles. The number of carbonyl (C=O) groups is 1. The fourth-order valence-corrected chi connectivity index (χ4v) is 3.02. The molecule has 0 saturated heterocycles. The largest absolute Gasteiger partial charge is 0.486 e. The number of nitrogens with zero attached hydrogens (tertiary/aromatic N) is 1. The van der Waals surface area contributed by atoms with Gasteiger partial charge >= 0.3 is 0 Å². The van der Waals surface area contributed by atoms with E-state index in [1.165, 1.54) is 0 Å². The summed E-state index contributed by atoms with van der Waals surface area (Å²) in [5, 5.41) is 3.93. The summed E-state index contributed by atoms with van der Waals surface area (Å²) in [6.45, 7) is 3.39. The standard InChI is InChI=1S/C19H20Cl2N2O3/c1-12(23(2)11-13-4-3-5-15(20)18(13)21)19(24)22-14-6-7-16-17(10-14)26-9-8-25-16/h3-7,10,12H,8-9,11H2,1-2H3,(H,22,24)/t12-/m0/s1. The van der Waals surface area contributed by atoms with Crippen LogP contribution in [0.2, 0.25) is 10.0 Å². The second-order valence-electron chi connectivity index (χ2n) is 6.15. The van der Waals surface area contributed by atoms with E-state index in [0.29, 0.717) is 47.0 Å². The van der Waals surface area contributed by atoms with Gasteiger partial charge in [0.2, 0.25) is 5.91 Å². The molecule has 5 nitrogen and oxygen atoms in total. The van der Waals surface area contributed by atoms with Crippen molar-refractivity contribution in [2.45, 2.75) is 19.5 Å². The molecule has 138 valence electrons. The van der Waals surface area contributed by atoms with Gasteiger partial charge in [-0.25, -0.2) is 0 Å². The average Bonchev–Trinajstić information content (AvgIpc) is 2.64. The van der Waals surface area contributed by atoms with E-state index in [9.17, 15) is 4.79 Å². The first kappa shape index (κ1) is 18.8. The molecule has 2 aromatic rings. The third kappa shape index (κ3) is 4.23. The summed E-state index contributed by atoms with van der Waals surface area (Å²) in [4.78, 5) is 14.5. The Balaban J connectivity index is 1.64. The van der Waals surface area contributed by atoms with Crippen LogP contribution >= 0.6 is 23.2 Å². The van der Waals surface area contributed by atoms with Crippen LogP contribution in [0.4, 0.5) is 5.69 Å². The maximum absolute atomic E-state index is 12.6. The fourth-order valence-electron chi connectivity index (χ4n) is 2.64. The highest BCUT2D eigenvalue weighted by Gasteiger charge is 2.20. The molecule has 3 rings (SSSR count). The van der Waals surface area contributed by atoms with Gasteiger partial charge in [-0.2, -0.15) is 0 Å². The van der Waals surface area contributed by atoms with Gasteiger partial charge in [-0.05, 0) is 37.7 Å². The van der Waals surface area contributed by atoms with E-state index in [2.05, 4.69) is 5.32 Å². The number of hydrogen-bond donors (Lipinski definition) is 1. The molecule has 1 atom stereocenters. The zero-order valence-electron chi connectivity index (χ0n) is 14.6. The summed E-state index contributed by atoms with van der Waals surface area (Å²) in [5.41, 5.74) is 1.54. The average molecular weight is 395 g/mol. The molecule has 1 aliphatic rings. The van der Waals surface area contributed by atoms with Crippen molar-refractivity contribution in [3.63, 3.8) is 0 Å². The van der Waals surface area contributed by atoms with Gasteiger partial charge in [0, 0.05) is 18.3 Å². The molecule has 7 heteroatoms. The molecule has 1 amide bonds. The fraction of sp³-hybridized carbons (Fsp3) is 0.316. The molecule has 0 aromatic heterocycles. The summed E-state index contributed by atoms with van der Waals surface area (Å²) < 4.78 is 11.0. The van der Waals surface area contributed by atoms with Gasteiger partial charge in [-0.15, -0.1) is 0 Å². The molecule has 1 aliphatic heterocycles. The zero-order chi connectivity index (χ0) is 18.7. The van der Waals surface area contributed by atoms with Gasteiger partial charge in [-0.3, -0.25) is 9.69 Å². The highest BCUT2D eigenvalue weighted by atomic mass is 35.5. The Bertz CT molecular complexity index is 813. The van der Waals surface area contributed by atoms with E-state index in [-0.39, 0.29) is 11.9 Å². The summed E-state index contributed by atoms with van der Waals surface area (Å²) in [6.07, 6.45) is 0. The lowest BCUT2D eigenvalue weighted by Crippen LogP contribution is -2.39. The lowest BCUT2D eigenvalue weighted by Gasteiger charge is -2.25. The number of nitrogens with one attached hydrogen (secondary N) is 1. The van der Waals surface area contributed by atoms with Gasteiger partial charge in [0.15, 0.2) is 11.5 Å². The summed E-state index contributed by atoms with van der Waals surface area (Å²) in [6, 6.07) is 10.5. The molecule has 0 aliphatic carbocycles. The molecular weight excluding hydrogens is 375 g/mol. The quantitative estimate of drug-likeness (QED) is 0.824. The Labute approximate surface area is 162 Å². The second-order valence-corrected chi connectivity index (χ2v) is 6.94. The lowest BCUT2D eigenvalue weighted by molar-refractivity contribution is -0.120. The summed E-state index contributed by atoms with van der Waals surface area (Å²) in [5.74, 6) is 1.21. The van der Waals surface area contributed by atoms with Crippen LogP contribution in [0.3, 0.4) is 0 Å². The summed E-state index contributed by atoms with van der Waals surface area (Å²) >= 11 is 12.3. The Hall–Kier alpha value is -1.95. The Morgan fingerprint density at radius 3 is 2.69 bits per heavy atom. The van der Waals surface area contributed by atoms with Crippen molar-refractivity contribution in [1.29, 1.82) is 0 Å². The highest BCUT2D eigenvalue weighted by Crippen LogP contribution is 2.32. The van der Waals surface area contributed by atoms with Crippen molar-refractivity contribution < 1.29 is 14.3 Å². The predicted molar refractivity (Wildman–Crippen MR) is 103 cm³/mol. The third-order valence-corrected chi connectivity index (χ3v) is 5.16. The Morgan fingerprint density at radius 2 is 1.92 bits per heavy atom. The first-order chi connectivity index (χ1) is 12.5. The van der Waals surface area contributed by atoms with Crippen molar-refractivity contribution >= 4 is 34.8 Å². The number of likely N-dealkylation sites (N-methyl/N-ethyl adjacent to an activating group) is 1. The van der Waals surface area contributed by atoms with Gasteiger partial charge in [0.1, 0.15) is 13.2 Å². The minimum absolute atomic E-state index is 0.123. The number of halogens is 2. The van der Waals surface area contributed by atoms with Gasteiger partial charge in [-0.1, -0.05) is 35.3 Å². The van der Waals surface area contributed by atoms with Crippen LogP contribution in [-0.4, -0.2) is 37.1 Å². The van der Waals surface area contributed by atoms with Crippen LogP contribution in [0.1, 0.15) is 12.5 Å². The molecule has 0 bridgehead atoms. The zero-order valence-corrected chi connectivity index (χ0v) is 16.1. The highest BCUT2D eigenvalue weighted by molar-refractivity contribution is 6.42. The Morgan fingerprint density at radius 1 is 1.19 bits per heavy atom. The van der Waals surface area contributed by atoms with E-state index >= 15 is 0 Å². The maximum atomic E-state index is 12.6. The van der Waals surface area contributed by atoms with Gasteiger partial charge in [0.25, 0.3) is 0 Å². The van der Waals surface area contributed by atoms with Crippen molar-refractivity contribution in [1.82, 2.24) is 4.90 Å². The molecule has 0 spiro atoms. The number of amides is 1. The van der Waals surface area contributed by atoms with Gasteiger partial charge < -0.3 is 14.8 Å². The van der Waals surface area contributed by atoms with Crippen LogP contribution in [0.5, 0.6) is 11.5 Å². The molecule has 1 N–H and O–H groups in total. The number of ether oxygens (including phenoxy) is 2. The topological polar surface area (TPSA) is 50.8 Å². The van der Waals surface area contributed by atoms with E-state index in [1.807, 2.05) is 31.0 Å². The van der Waals surface area contributed by atoms with E-state index < -0.39 is 0 Å². The van der Waals surface area contributed by atoms with Gasteiger partial charge in [0.05, 0.1) is 16.1 Å². The monoisotopic (exact) mass is 394 g/mol. The van der Waals surface area contributed by atoms with Crippen molar-refractivity contribution in [2.24, 2.45) is 0 Å². The minimum Gasteiger partial charge on any atom is -0.486 e. The van der Waals surface area contributed by atoms with Crippen LogP contribution in [0.25, 0.3) is 0 Å². The SMILES string of the molecule is C[C@@H](C(=O)Nc1ccc2c(c1)OCCO2)N(C)Cc1cccc(Cl)c1Cl. The van der Waals surface area contributed by atoms with E-state index in [1.54, 1.807) is 24.3 Å². The van der Waals surface area contributed by atoms with E-state index in [0.717, 1.165) is 5.56 Å². The number of fused-ring (bicyclic) bond motifs is 1. The molecule has 0 radical (unpaired) electrons. The number of rotatable bonds is 5. The van der Waals surface area contributed by atoms with Crippen molar-refractivity contribution in [3.05, 3.63) is 52.0 Å². The minimum atomic E-state index is -0.363. The van der Waals surface area contributed by atoms with Crippen LogP contribution in [0.15, 0.2) is 36.4 Å². The molecule has 0 saturated carbocycles. The molecule has 26 heavy (non-hydrogen) atoms. The number of carbonyl (C=O) groups excluding carboxylic acids is 1. The Kier molecular flexibility index (Phi) is 5.91. The maximum Gasteiger partial charge on any atom is 0.241 e. The van der Waals surface area contributed by atoms with Crippen molar-refractivity contribution in [2.75, 3.05) is 25.6 Å². The number of hydrogen-bond acceptors (Lipinski definition) is 4. The first-order valence-electron chi connectivity index (χ1n) is 8.29. The lowest BCUT2D eigenvalue weighted by atomic mass is 10.1. The predicted octanol–water partition coefficient (Wildman–Crippen LogP) is 4.22.